The van der Waals surface area contributed by atoms with E-state index < -0.39 is 0 Å². The number of nitrogens with zero attached hydrogens (tertiary/aromatic N) is 2. The topological polar surface area (TPSA) is 55.3 Å². The molecule has 2 rings (SSSR count). The lowest BCUT2D eigenvalue weighted by atomic mass is 10.1. The maximum Gasteiger partial charge on any atom is 0.222 e. The molecule has 0 fully saturated rings. The van der Waals surface area contributed by atoms with Crippen molar-refractivity contribution < 1.29 is 4.52 Å². The molecule has 0 radical (unpaired) electrons. The summed E-state index contributed by atoms with van der Waals surface area (Å²) in [6.07, 6.45) is 0. The molecule has 0 amide bonds. The summed E-state index contributed by atoms with van der Waals surface area (Å²) in [5, 5.41) is 3.93. The number of halogens is 1. The zero-order chi connectivity index (χ0) is 11.7. The summed E-state index contributed by atoms with van der Waals surface area (Å²) >= 11 is 3.51. The number of benzene rings is 1. The first-order valence-corrected chi connectivity index (χ1v) is 5.57. The molecule has 1 aromatic heterocycles. The molecule has 5 heteroatoms. The molecular formula is C11H12BrN3O. The van der Waals surface area contributed by atoms with Crippen molar-refractivity contribution in [3.63, 3.8) is 0 Å². The molecule has 0 unspecified atom stereocenters. The molecule has 84 valence electrons. The second-order valence-electron chi connectivity index (χ2n) is 3.64. The van der Waals surface area contributed by atoms with Crippen LogP contribution in [-0.2, 0) is 0 Å². The van der Waals surface area contributed by atoms with Gasteiger partial charge >= 0.3 is 0 Å². The monoisotopic (exact) mass is 281 g/mol. The SMILES string of the molecule is CN(C)c1cccc(Br)c1-c1cc(N)on1. The van der Waals surface area contributed by atoms with E-state index in [1.54, 1.807) is 6.07 Å². The summed E-state index contributed by atoms with van der Waals surface area (Å²) in [6.45, 7) is 0. The van der Waals surface area contributed by atoms with Gasteiger partial charge < -0.3 is 15.2 Å². The second kappa shape index (κ2) is 4.17. The molecule has 2 N–H and O–H groups in total. The number of anilines is 2. The summed E-state index contributed by atoms with van der Waals surface area (Å²) in [6, 6.07) is 7.68. The molecule has 2 aromatic rings. The number of aromatic nitrogens is 1. The highest BCUT2D eigenvalue weighted by atomic mass is 79.9. The van der Waals surface area contributed by atoms with Gasteiger partial charge in [-0.1, -0.05) is 27.2 Å². The normalized spacial score (nSPS) is 10.4. The largest absolute Gasteiger partial charge is 0.377 e. The maximum absolute atomic E-state index is 5.53. The minimum Gasteiger partial charge on any atom is -0.377 e. The van der Waals surface area contributed by atoms with E-state index in [1.165, 1.54) is 0 Å². The van der Waals surface area contributed by atoms with Gasteiger partial charge in [-0.05, 0) is 12.1 Å². The quantitative estimate of drug-likeness (QED) is 0.920. The highest BCUT2D eigenvalue weighted by Gasteiger charge is 2.14. The Kier molecular flexibility index (Phi) is 2.87. The molecule has 0 aliphatic carbocycles. The smallest absolute Gasteiger partial charge is 0.222 e. The van der Waals surface area contributed by atoms with E-state index in [1.807, 2.05) is 37.2 Å². The molecule has 0 spiro atoms. The minimum absolute atomic E-state index is 0.315. The zero-order valence-corrected chi connectivity index (χ0v) is 10.7. The number of hydrogen-bond donors (Lipinski definition) is 1. The van der Waals surface area contributed by atoms with Crippen LogP contribution in [0.1, 0.15) is 0 Å². The lowest BCUT2D eigenvalue weighted by molar-refractivity contribution is 0.439. The van der Waals surface area contributed by atoms with E-state index in [2.05, 4.69) is 21.1 Å². The van der Waals surface area contributed by atoms with Crippen LogP contribution in [0.5, 0.6) is 0 Å². The number of hydrogen-bond acceptors (Lipinski definition) is 4. The summed E-state index contributed by atoms with van der Waals surface area (Å²) in [4.78, 5) is 2.02. The van der Waals surface area contributed by atoms with E-state index in [-0.39, 0.29) is 0 Å². The highest BCUT2D eigenvalue weighted by molar-refractivity contribution is 9.10. The fraction of sp³-hybridized carbons (Fsp3) is 0.182. The van der Waals surface area contributed by atoms with Gasteiger partial charge in [0.15, 0.2) is 0 Å². The van der Waals surface area contributed by atoms with Crippen molar-refractivity contribution in [2.45, 2.75) is 0 Å². The fourth-order valence-corrected chi connectivity index (χ4v) is 2.10. The summed E-state index contributed by atoms with van der Waals surface area (Å²) < 4.78 is 5.86. The molecule has 4 nitrogen and oxygen atoms in total. The Balaban J connectivity index is 2.62. The Morgan fingerprint density at radius 1 is 1.38 bits per heavy atom. The predicted molar refractivity (Wildman–Crippen MR) is 68.4 cm³/mol. The van der Waals surface area contributed by atoms with Gasteiger partial charge in [0.1, 0.15) is 5.69 Å². The van der Waals surface area contributed by atoms with Gasteiger partial charge in [0.05, 0.1) is 0 Å². The molecule has 0 aliphatic heterocycles. The molecule has 16 heavy (non-hydrogen) atoms. The predicted octanol–water partition coefficient (Wildman–Crippen LogP) is 2.75. The van der Waals surface area contributed by atoms with Crippen molar-refractivity contribution in [3.8, 4) is 11.3 Å². The van der Waals surface area contributed by atoms with Crippen LogP contribution in [0.15, 0.2) is 33.3 Å². The summed E-state index contributed by atoms with van der Waals surface area (Å²) in [5.74, 6) is 0.315. The lowest BCUT2D eigenvalue weighted by Gasteiger charge is -2.17. The van der Waals surface area contributed by atoms with E-state index in [0.717, 1.165) is 21.4 Å². The average Bonchev–Trinajstić information content (AvgIpc) is 2.64. The van der Waals surface area contributed by atoms with Crippen LogP contribution in [0.4, 0.5) is 11.6 Å². The number of nitrogens with two attached hydrogens (primary N) is 1. The van der Waals surface area contributed by atoms with Gasteiger partial charge in [0.2, 0.25) is 5.88 Å². The average molecular weight is 282 g/mol. The van der Waals surface area contributed by atoms with Crippen LogP contribution in [0.2, 0.25) is 0 Å². The third-order valence-corrected chi connectivity index (χ3v) is 2.92. The van der Waals surface area contributed by atoms with Gasteiger partial charge in [0.25, 0.3) is 0 Å². The molecule has 0 bridgehead atoms. The van der Waals surface area contributed by atoms with E-state index >= 15 is 0 Å². The molecule has 1 heterocycles. The standard InChI is InChI=1S/C11H12BrN3O/c1-15(2)9-5-3-4-7(12)11(9)8-6-10(13)16-14-8/h3-6H,13H2,1-2H3. The van der Waals surface area contributed by atoms with Crippen LogP contribution in [-0.4, -0.2) is 19.3 Å². The van der Waals surface area contributed by atoms with Gasteiger partial charge in [-0.2, -0.15) is 0 Å². The van der Waals surface area contributed by atoms with Crippen LogP contribution >= 0.6 is 15.9 Å². The van der Waals surface area contributed by atoms with Crippen molar-refractivity contribution in [3.05, 3.63) is 28.7 Å². The van der Waals surface area contributed by atoms with Crippen molar-refractivity contribution in [1.29, 1.82) is 0 Å². The molecule has 0 aliphatic rings. The molecule has 1 aromatic carbocycles. The van der Waals surface area contributed by atoms with Gasteiger partial charge in [0, 0.05) is 35.9 Å². The van der Waals surface area contributed by atoms with Crippen LogP contribution in [0, 0.1) is 0 Å². The highest BCUT2D eigenvalue weighted by Crippen LogP contribution is 2.36. The van der Waals surface area contributed by atoms with Gasteiger partial charge in [-0.15, -0.1) is 0 Å². The third-order valence-electron chi connectivity index (χ3n) is 2.26. The van der Waals surface area contributed by atoms with E-state index in [4.69, 9.17) is 10.3 Å². The van der Waals surface area contributed by atoms with Crippen LogP contribution in [0.3, 0.4) is 0 Å². The summed E-state index contributed by atoms with van der Waals surface area (Å²) in [7, 11) is 3.96. The molecule has 0 atom stereocenters. The molecule has 0 saturated carbocycles. The minimum atomic E-state index is 0.315. The Morgan fingerprint density at radius 3 is 2.69 bits per heavy atom. The number of nitrogen functional groups attached to an aromatic ring is 1. The van der Waals surface area contributed by atoms with Crippen molar-refractivity contribution in [2.24, 2.45) is 0 Å². The zero-order valence-electron chi connectivity index (χ0n) is 9.07. The number of rotatable bonds is 2. The maximum atomic E-state index is 5.53. The first-order valence-electron chi connectivity index (χ1n) is 4.78. The molecule has 0 saturated heterocycles. The second-order valence-corrected chi connectivity index (χ2v) is 4.50. The van der Waals surface area contributed by atoms with Crippen LogP contribution < -0.4 is 10.6 Å². The third kappa shape index (κ3) is 1.90. The Labute approximate surface area is 102 Å². The first kappa shape index (κ1) is 11.0. The van der Waals surface area contributed by atoms with Gasteiger partial charge in [-0.3, -0.25) is 0 Å². The molecular weight excluding hydrogens is 270 g/mol. The summed E-state index contributed by atoms with van der Waals surface area (Å²) in [5.41, 5.74) is 8.30. The van der Waals surface area contributed by atoms with Crippen molar-refractivity contribution >= 4 is 27.5 Å². The lowest BCUT2D eigenvalue weighted by Crippen LogP contribution is -2.10. The Bertz CT molecular complexity index is 508. The van der Waals surface area contributed by atoms with Crippen LogP contribution in [0.25, 0.3) is 11.3 Å². The fourth-order valence-electron chi connectivity index (χ4n) is 1.55. The van der Waals surface area contributed by atoms with Gasteiger partial charge in [-0.25, -0.2) is 0 Å². The van der Waals surface area contributed by atoms with Crippen molar-refractivity contribution in [1.82, 2.24) is 5.16 Å². The van der Waals surface area contributed by atoms with E-state index in [9.17, 15) is 0 Å². The Hall–Kier alpha value is -1.49. The Morgan fingerprint density at radius 2 is 2.12 bits per heavy atom. The van der Waals surface area contributed by atoms with Crippen molar-refractivity contribution in [2.75, 3.05) is 24.7 Å². The van der Waals surface area contributed by atoms with E-state index in [0.29, 0.717) is 5.88 Å². The first-order chi connectivity index (χ1) is 7.59.